The molecule has 1 amide bonds. The summed E-state index contributed by atoms with van der Waals surface area (Å²) in [5, 5.41) is 2.87. The number of carbonyl (C=O) groups is 2. The van der Waals surface area contributed by atoms with Crippen LogP contribution in [0.4, 0.5) is 5.69 Å². The Morgan fingerprint density at radius 2 is 1.54 bits per heavy atom. The molecule has 0 saturated carbocycles. The summed E-state index contributed by atoms with van der Waals surface area (Å²) in [7, 11) is 0. The van der Waals surface area contributed by atoms with E-state index in [9.17, 15) is 9.59 Å². The molecule has 1 saturated heterocycles. The van der Waals surface area contributed by atoms with Crippen LogP contribution < -0.4 is 5.32 Å². The van der Waals surface area contributed by atoms with Crippen molar-refractivity contribution < 1.29 is 9.59 Å². The smallest absolute Gasteiger partial charge is 0.224 e. The van der Waals surface area contributed by atoms with Crippen molar-refractivity contribution in [2.24, 2.45) is 0 Å². The van der Waals surface area contributed by atoms with Gasteiger partial charge in [-0.3, -0.25) is 14.5 Å². The fraction of sp³-hybridized carbons (Fsp3) is 0.364. The molecule has 4 nitrogen and oxygen atoms in total. The van der Waals surface area contributed by atoms with Crippen LogP contribution >= 0.6 is 0 Å². The number of amides is 1. The van der Waals surface area contributed by atoms with Gasteiger partial charge in [0, 0.05) is 30.6 Å². The minimum Gasteiger partial charge on any atom is -0.326 e. The largest absolute Gasteiger partial charge is 0.326 e. The minimum absolute atomic E-state index is 0.00219. The van der Waals surface area contributed by atoms with Crippen molar-refractivity contribution >= 4 is 17.4 Å². The van der Waals surface area contributed by atoms with Crippen molar-refractivity contribution in [1.29, 1.82) is 0 Å². The van der Waals surface area contributed by atoms with Gasteiger partial charge in [-0.05, 0) is 43.6 Å². The van der Waals surface area contributed by atoms with Gasteiger partial charge in [-0.25, -0.2) is 0 Å². The Hall–Kier alpha value is -2.46. The van der Waals surface area contributed by atoms with E-state index in [4.69, 9.17) is 0 Å². The second kappa shape index (κ2) is 9.30. The van der Waals surface area contributed by atoms with Gasteiger partial charge in [-0.2, -0.15) is 0 Å². The van der Waals surface area contributed by atoms with Gasteiger partial charge < -0.3 is 5.32 Å². The summed E-state index contributed by atoms with van der Waals surface area (Å²) in [4.78, 5) is 26.6. The predicted octanol–water partition coefficient (Wildman–Crippen LogP) is 4.27. The zero-order valence-electron chi connectivity index (χ0n) is 15.1. The topological polar surface area (TPSA) is 49.4 Å². The quantitative estimate of drug-likeness (QED) is 0.759. The average molecular weight is 350 g/mol. The number of likely N-dealkylation sites (tertiary alicyclic amines) is 1. The summed E-state index contributed by atoms with van der Waals surface area (Å²) in [5.74, 6) is -0.129. The van der Waals surface area contributed by atoms with Crippen molar-refractivity contribution in [3.05, 3.63) is 65.7 Å². The van der Waals surface area contributed by atoms with Crippen LogP contribution in [0, 0.1) is 0 Å². The van der Waals surface area contributed by atoms with Crippen molar-refractivity contribution in [3.8, 4) is 0 Å². The monoisotopic (exact) mass is 350 g/mol. The molecule has 0 bridgehead atoms. The fourth-order valence-electron chi connectivity index (χ4n) is 3.29. The molecule has 3 rings (SSSR count). The molecule has 0 unspecified atom stereocenters. The van der Waals surface area contributed by atoms with Crippen molar-refractivity contribution in [3.63, 3.8) is 0 Å². The number of nitrogens with one attached hydrogen (secondary N) is 1. The lowest BCUT2D eigenvalue weighted by Gasteiger charge is -2.26. The summed E-state index contributed by atoms with van der Waals surface area (Å²) in [6.07, 6.45) is 4.34. The van der Waals surface area contributed by atoms with Crippen LogP contribution in [0.3, 0.4) is 0 Å². The molecule has 0 aromatic heterocycles. The zero-order valence-corrected chi connectivity index (χ0v) is 15.1. The highest BCUT2D eigenvalue weighted by atomic mass is 16.2. The molecule has 1 N–H and O–H groups in total. The molecule has 1 fully saturated rings. The van der Waals surface area contributed by atoms with Crippen LogP contribution in [0.15, 0.2) is 54.6 Å². The number of ketones is 1. The lowest BCUT2D eigenvalue weighted by atomic mass is 10.1. The molecule has 0 aliphatic carbocycles. The molecule has 26 heavy (non-hydrogen) atoms. The van der Waals surface area contributed by atoms with E-state index in [2.05, 4.69) is 22.3 Å². The van der Waals surface area contributed by atoms with Crippen LogP contribution in [0.2, 0.25) is 0 Å². The minimum atomic E-state index is -0.127. The lowest BCUT2D eigenvalue weighted by molar-refractivity contribution is -0.116. The van der Waals surface area contributed by atoms with E-state index in [0.717, 1.165) is 12.2 Å². The first-order valence-electron chi connectivity index (χ1n) is 9.40. The molecule has 4 heteroatoms. The van der Waals surface area contributed by atoms with Gasteiger partial charge in [0.05, 0.1) is 0 Å². The first-order chi connectivity index (χ1) is 12.7. The number of hydrogen-bond donors (Lipinski definition) is 1. The van der Waals surface area contributed by atoms with Gasteiger partial charge in [0.15, 0.2) is 5.78 Å². The fourth-order valence-corrected chi connectivity index (χ4v) is 3.29. The van der Waals surface area contributed by atoms with Gasteiger partial charge in [0.1, 0.15) is 0 Å². The Morgan fingerprint density at radius 1 is 0.846 bits per heavy atom. The van der Waals surface area contributed by atoms with Gasteiger partial charge in [-0.1, -0.05) is 48.9 Å². The average Bonchev–Trinajstić information content (AvgIpc) is 2.69. The molecule has 1 aliphatic rings. The molecule has 2 aromatic rings. The SMILES string of the molecule is O=C(CCC(=O)c1ccccc1)Nc1ccc(CN2CCCCC2)cc1. The molecule has 0 atom stereocenters. The van der Waals surface area contributed by atoms with Gasteiger partial charge in [0.25, 0.3) is 0 Å². The number of Topliss-reactive ketones (excluding diaryl/α,β-unsaturated/α-hetero) is 1. The molecule has 0 spiro atoms. The first-order valence-corrected chi connectivity index (χ1v) is 9.40. The first kappa shape index (κ1) is 18.3. The third-order valence-electron chi connectivity index (χ3n) is 4.77. The van der Waals surface area contributed by atoms with Crippen molar-refractivity contribution in [2.75, 3.05) is 18.4 Å². The molecule has 136 valence electrons. The number of nitrogens with zero attached hydrogens (tertiary/aromatic N) is 1. The predicted molar refractivity (Wildman–Crippen MR) is 104 cm³/mol. The standard InChI is InChI=1S/C22H26N2O2/c25-21(19-7-3-1-4-8-19)13-14-22(26)23-20-11-9-18(10-12-20)17-24-15-5-2-6-16-24/h1,3-4,7-12H,2,5-6,13-17H2,(H,23,26). The third-order valence-corrected chi connectivity index (χ3v) is 4.77. The molecule has 0 radical (unpaired) electrons. The molecule has 1 heterocycles. The second-order valence-electron chi connectivity index (χ2n) is 6.87. The molecular weight excluding hydrogens is 324 g/mol. The summed E-state index contributed by atoms with van der Waals surface area (Å²) >= 11 is 0. The summed E-state index contributed by atoms with van der Waals surface area (Å²) in [5.41, 5.74) is 2.70. The van der Waals surface area contributed by atoms with E-state index in [0.29, 0.717) is 5.56 Å². The van der Waals surface area contributed by atoms with Crippen LogP contribution in [-0.2, 0) is 11.3 Å². The van der Waals surface area contributed by atoms with E-state index in [1.165, 1.54) is 37.9 Å². The highest BCUT2D eigenvalue weighted by Gasteiger charge is 2.11. The maximum atomic E-state index is 12.1. The van der Waals surface area contributed by atoms with Gasteiger partial charge >= 0.3 is 0 Å². The van der Waals surface area contributed by atoms with Crippen molar-refractivity contribution in [2.45, 2.75) is 38.6 Å². The lowest BCUT2D eigenvalue weighted by Crippen LogP contribution is -2.29. The van der Waals surface area contributed by atoms with E-state index < -0.39 is 0 Å². The van der Waals surface area contributed by atoms with Crippen LogP contribution in [-0.4, -0.2) is 29.7 Å². The zero-order chi connectivity index (χ0) is 18.2. The Balaban J connectivity index is 1.44. The second-order valence-corrected chi connectivity index (χ2v) is 6.87. The number of benzene rings is 2. The molecule has 2 aromatic carbocycles. The van der Waals surface area contributed by atoms with Crippen LogP contribution in [0.5, 0.6) is 0 Å². The Bertz CT molecular complexity index is 720. The van der Waals surface area contributed by atoms with Crippen LogP contribution in [0.25, 0.3) is 0 Å². The maximum Gasteiger partial charge on any atom is 0.224 e. The van der Waals surface area contributed by atoms with Crippen molar-refractivity contribution in [1.82, 2.24) is 4.90 Å². The number of hydrogen-bond acceptors (Lipinski definition) is 3. The van der Waals surface area contributed by atoms with Gasteiger partial charge in [0.2, 0.25) is 5.91 Å². The summed E-state index contributed by atoms with van der Waals surface area (Å²) in [6.45, 7) is 3.32. The Kier molecular flexibility index (Phi) is 6.56. The Labute approximate surface area is 155 Å². The summed E-state index contributed by atoms with van der Waals surface area (Å²) < 4.78 is 0. The van der Waals surface area contributed by atoms with E-state index in [1.54, 1.807) is 12.1 Å². The van der Waals surface area contributed by atoms with E-state index in [-0.39, 0.29) is 24.5 Å². The third kappa shape index (κ3) is 5.53. The number of anilines is 1. The number of rotatable bonds is 7. The maximum absolute atomic E-state index is 12.1. The van der Waals surface area contributed by atoms with Gasteiger partial charge in [-0.15, -0.1) is 0 Å². The highest BCUT2D eigenvalue weighted by molar-refractivity contribution is 5.99. The van der Waals surface area contributed by atoms with Crippen LogP contribution in [0.1, 0.15) is 48.0 Å². The molecular formula is C22H26N2O2. The normalized spacial score (nSPS) is 14.8. The van der Waals surface area contributed by atoms with E-state index >= 15 is 0 Å². The Morgan fingerprint density at radius 3 is 2.23 bits per heavy atom. The van der Waals surface area contributed by atoms with E-state index in [1.807, 2.05) is 30.3 Å². The molecule has 1 aliphatic heterocycles. The number of carbonyl (C=O) groups excluding carboxylic acids is 2. The number of piperidine rings is 1. The summed E-state index contributed by atoms with van der Waals surface area (Å²) in [6, 6.07) is 17.1. The highest BCUT2D eigenvalue weighted by Crippen LogP contribution is 2.16.